The Morgan fingerprint density at radius 2 is 1.91 bits per heavy atom. The van der Waals surface area contributed by atoms with Gasteiger partial charge in [-0.3, -0.25) is 9.69 Å². The zero-order chi connectivity index (χ0) is 16.8. The lowest BCUT2D eigenvalue weighted by Gasteiger charge is -2.23. The predicted octanol–water partition coefficient (Wildman–Crippen LogP) is 2.93. The minimum Gasteiger partial charge on any atom is -0.383 e. The molecule has 1 atom stereocenters. The Kier molecular flexibility index (Phi) is 6.60. The minimum absolute atomic E-state index is 0.0545. The third-order valence-electron chi connectivity index (χ3n) is 4.27. The second kappa shape index (κ2) is 8.46. The van der Waals surface area contributed by atoms with E-state index in [-0.39, 0.29) is 11.9 Å². The fourth-order valence-electron chi connectivity index (χ4n) is 2.79. The van der Waals surface area contributed by atoms with Gasteiger partial charge in [0.25, 0.3) is 0 Å². The van der Waals surface area contributed by atoms with Crippen molar-refractivity contribution < 1.29 is 9.53 Å². The van der Waals surface area contributed by atoms with E-state index in [4.69, 9.17) is 4.74 Å². The van der Waals surface area contributed by atoms with Gasteiger partial charge in [0.1, 0.15) is 0 Å². The molecule has 2 rings (SSSR count). The van der Waals surface area contributed by atoms with Crippen LogP contribution in [-0.2, 0) is 16.1 Å². The van der Waals surface area contributed by atoms with Gasteiger partial charge in [-0.1, -0.05) is 38.1 Å². The van der Waals surface area contributed by atoms with Crippen molar-refractivity contribution in [3.05, 3.63) is 35.4 Å². The van der Waals surface area contributed by atoms with Crippen LogP contribution in [0.15, 0.2) is 24.3 Å². The molecule has 0 aliphatic heterocycles. The van der Waals surface area contributed by atoms with Gasteiger partial charge in [-0.05, 0) is 36.8 Å². The van der Waals surface area contributed by atoms with Crippen molar-refractivity contribution in [1.82, 2.24) is 10.2 Å². The highest BCUT2D eigenvalue weighted by molar-refractivity contribution is 5.78. The van der Waals surface area contributed by atoms with E-state index in [1.165, 1.54) is 24.0 Å². The molecule has 0 radical (unpaired) electrons. The molecule has 1 saturated carbocycles. The van der Waals surface area contributed by atoms with Crippen LogP contribution < -0.4 is 5.32 Å². The smallest absolute Gasteiger partial charge is 0.234 e. The Balaban J connectivity index is 1.90. The largest absolute Gasteiger partial charge is 0.383 e. The molecule has 1 N–H and O–H groups in total. The van der Waals surface area contributed by atoms with Crippen molar-refractivity contribution in [1.29, 1.82) is 0 Å². The van der Waals surface area contributed by atoms with Gasteiger partial charge in [-0.15, -0.1) is 0 Å². The molecule has 0 spiro atoms. The highest BCUT2D eigenvalue weighted by Crippen LogP contribution is 2.28. The topological polar surface area (TPSA) is 41.6 Å². The number of ether oxygens (including phenoxy) is 1. The fourth-order valence-corrected chi connectivity index (χ4v) is 2.79. The summed E-state index contributed by atoms with van der Waals surface area (Å²) in [5, 5.41) is 3.00. The lowest BCUT2D eigenvalue weighted by Crippen LogP contribution is -2.43. The molecule has 1 fully saturated rings. The van der Waals surface area contributed by atoms with Crippen molar-refractivity contribution in [2.24, 2.45) is 0 Å². The summed E-state index contributed by atoms with van der Waals surface area (Å²) in [6.45, 7) is 8.23. The summed E-state index contributed by atoms with van der Waals surface area (Å²) in [4.78, 5) is 14.5. The standard InChI is InChI=1S/C19H30N2O2/c1-14(2)17-7-5-16(6-8-17)11-21(18-9-10-18)12-19(22)20-15(3)13-23-4/h5-8,14-15,18H,9-13H2,1-4H3,(H,20,22). The molecule has 1 amide bonds. The molecule has 0 aromatic heterocycles. The van der Waals surface area contributed by atoms with Crippen LogP contribution in [0.4, 0.5) is 0 Å². The van der Waals surface area contributed by atoms with Gasteiger partial charge in [0.05, 0.1) is 13.2 Å². The van der Waals surface area contributed by atoms with Crippen LogP contribution >= 0.6 is 0 Å². The second-order valence-corrected chi connectivity index (χ2v) is 6.96. The van der Waals surface area contributed by atoms with E-state index < -0.39 is 0 Å². The number of nitrogens with zero attached hydrogens (tertiary/aromatic N) is 1. The Labute approximate surface area is 140 Å². The molecule has 23 heavy (non-hydrogen) atoms. The van der Waals surface area contributed by atoms with Crippen molar-refractivity contribution in [3.8, 4) is 0 Å². The summed E-state index contributed by atoms with van der Waals surface area (Å²) in [7, 11) is 1.65. The molecule has 0 heterocycles. The van der Waals surface area contributed by atoms with E-state index in [0.717, 1.165) is 6.54 Å². The molecule has 0 bridgehead atoms. The van der Waals surface area contributed by atoms with Crippen molar-refractivity contribution in [2.75, 3.05) is 20.3 Å². The third kappa shape index (κ3) is 5.96. The first-order valence-electron chi connectivity index (χ1n) is 8.60. The van der Waals surface area contributed by atoms with E-state index in [1.807, 2.05) is 6.92 Å². The molecule has 1 aromatic carbocycles. The van der Waals surface area contributed by atoms with Crippen molar-refractivity contribution >= 4 is 5.91 Å². The Morgan fingerprint density at radius 3 is 2.43 bits per heavy atom. The molecule has 1 unspecified atom stereocenters. The number of benzene rings is 1. The van der Waals surface area contributed by atoms with Crippen LogP contribution in [0.5, 0.6) is 0 Å². The first kappa shape index (κ1) is 18.0. The van der Waals surface area contributed by atoms with Gasteiger partial charge in [-0.2, -0.15) is 0 Å². The fraction of sp³-hybridized carbons (Fsp3) is 0.632. The lowest BCUT2D eigenvalue weighted by molar-refractivity contribution is -0.123. The monoisotopic (exact) mass is 318 g/mol. The lowest BCUT2D eigenvalue weighted by atomic mass is 10.0. The number of amides is 1. The van der Waals surface area contributed by atoms with E-state index in [9.17, 15) is 4.79 Å². The third-order valence-corrected chi connectivity index (χ3v) is 4.27. The van der Waals surface area contributed by atoms with E-state index >= 15 is 0 Å². The number of hydrogen-bond donors (Lipinski definition) is 1. The van der Waals surface area contributed by atoms with Crippen LogP contribution in [0.3, 0.4) is 0 Å². The molecule has 4 nitrogen and oxygen atoms in total. The van der Waals surface area contributed by atoms with Gasteiger partial charge < -0.3 is 10.1 Å². The van der Waals surface area contributed by atoms with E-state index in [0.29, 0.717) is 25.1 Å². The van der Waals surface area contributed by atoms with Crippen molar-refractivity contribution in [3.63, 3.8) is 0 Å². The molecule has 0 saturated heterocycles. The average molecular weight is 318 g/mol. The molecule has 4 heteroatoms. The van der Waals surface area contributed by atoms with E-state index in [1.54, 1.807) is 7.11 Å². The van der Waals surface area contributed by atoms with Gasteiger partial charge in [0.2, 0.25) is 5.91 Å². The van der Waals surface area contributed by atoms with E-state index in [2.05, 4.69) is 48.3 Å². The van der Waals surface area contributed by atoms with Crippen LogP contribution in [-0.4, -0.2) is 43.2 Å². The second-order valence-electron chi connectivity index (χ2n) is 6.96. The highest BCUT2D eigenvalue weighted by atomic mass is 16.5. The Hall–Kier alpha value is -1.39. The first-order chi connectivity index (χ1) is 11.0. The van der Waals surface area contributed by atoms with Gasteiger partial charge >= 0.3 is 0 Å². The van der Waals surface area contributed by atoms with Crippen LogP contribution in [0.1, 0.15) is 50.7 Å². The van der Waals surface area contributed by atoms with Gasteiger partial charge in [0.15, 0.2) is 0 Å². The molecule has 1 aliphatic rings. The predicted molar refractivity (Wildman–Crippen MR) is 93.4 cm³/mol. The van der Waals surface area contributed by atoms with Crippen LogP contribution in [0.2, 0.25) is 0 Å². The SMILES string of the molecule is COCC(C)NC(=O)CN(Cc1ccc(C(C)C)cc1)C1CC1. The quantitative estimate of drug-likeness (QED) is 0.761. The average Bonchev–Trinajstić information content (AvgIpc) is 3.31. The molecule has 128 valence electrons. The Bertz CT molecular complexity index is 495. The van der Waals surface area contributed by atoms with Crippen LogP contribution in [0.25, 0.3) is 0 Å². The van der Waals surface area contributed by atoms with Crippen molar-refractivity contribution in [2.45, 2.75) is 58.2 Å². The molecule has 1 aromatic rings. The summed E-state index contributed by atoms with van der Waals surface area (Å²) in [6.07, 6.45) is 2.40. The van der Waals surface area contributed by atoms with Crippen LogP contribution in [0, 0.1) is 0 Å². The summed E-state index contributed by atoms with van der Waals surface area (Å²) in [6, 6.07) is 9.39. The minimum atomic E-state index is 0.0545. The number of methoxy groups -OCH3 is 1. The summed E-state index contributed by atoms with van der Waals surface area (Å²) in [5.41, 5.74) is 2.64. The summed E-state index contributed by atoms with van der Waals surface area (Å²) >= 11 is 0. The number of rotatable bonds is 9. The molecular formula is C19H30N2O2. The number of nitrogens with one attached hydrogen (secondary N) is 1. The van der Waals surface area contributed by atoms with Gasteiger partial charge in [-0.25, -0.2) is 0 Å². The maximum atomic E-state index is 12.2. The molecular weight excluding hydrogens is 288 g/mol. The normalized spacial score (nSPS) is 15.9. The summed E-state index contributed by atoms with van der Waals surface area (Å²) in [5.74, 6) is 0.636. The Morgan fingerprint density at radius 1 is 1.26 bits per heavy atom. The maximum absolute atomic E-state index is 12.2. The zero-order valence-electron chi connectivity index (χ0n) is 14.8. The number of hydrogen-bond acceptors (Lipinski definition) is 3. The highest BCUT2D eigenvalue weighted by Gasteiger charge is 2.30. The number of carbonyl (C=O) groups excluding carboxylic acids is 1. The van der Waals surface area contributed by atoms with Gasteiger partial charge in [0, 0.05) is 25.7 Å². The molecule has 1 aliphatic carbocycles. The number of carbonyl (C=O) groups is 1. The first-order valence-corrected chi connectivity index (χ1v) is 8.60. The zero-order valence-corrected chi connectivity index (χ0v) is 14.8. The summed E-state index contributed by atoms with van der Waals surface area (Å²) < 4.78 is 5.07. The maximum Gasteiger partial charge on any atom is 0.234 e.